The van der Waals surface area contributed by atoms with Crippen LogP contribution in [-0.4, -0.2) is 37.1 Å². The minimum atomic E-state index is -0.187. The summed E-state index contributed by atoms with van der Waals surface area (Å²) in [6, 6.07) is 0.247. The summed E-state index contributed by atoms with van der Waals surface area (Å²) in [7, 11) is 1.76. The lowest BCUT2D eigenvalue weighted by molar-refractivity contribution is -0.128. The first-order valence-electron chi connectivity index (χ1n) is 4.32. The quantitative estimate of drug-likeness (QED) is 0.635. The average Bonchev–Trinajstić information content (AvgIpc) is 2.17. The van der Waals surface area contributed by atoms with Crippen LogP contribution in [0.1, 0.15) is 12.8 Å². The number of rotatable bonds is 2. The summed E-state index contributed by atoms with van der Waals surface area (Å²) in [5.74, 6) is -0.187. The number of hydrogen-bond donors (Lipinski definition) is 0. The zero-order valence-corrected chi connectivity index (χ0v) is 8.51. The average molecular weight is 204 g/mol. The molecule has 3 nitrogen and oxygen atoms in total. The van der Waals surface area contributed by atoms with E-state index in [9.17, 15) is 4.79 Å². The van der Waals surface area contributed by atoms with Gasteiger partial charge in [0.25, 0.3) is 5.91 Å². The van der Waals surface area contributed by atoms with E-state index in [4.69, 9.17) is 16.3 Å². The smallest absolute Gasteiger partial charge is 0.264 e. The van der Waals surface area contributed by atoms with E-state index < -0.39 is 0 Å². The molecule has 0 radical (unpaired) electrons. The van der Waals surface area contributed by atoms with E-state index in [0.717, 1.165) is 26.1 Å². The monoisotopic (exact) mass is 203 g/mol. The van der Waals surface area contributed by atoms with Gasteiger partial charge in [-0.2, -0.15) is 0 Å². The SMILES string of the molecule is C=C(Cl)C(=O)N(C)C1CCOCC1. The van der Waals surface area contributed by atoms with Crippen LogP contribution in [-0.2, 0) is 9.53 Å². The van der Waals surface area contributed by atoms with E-state index in [1.54, 1.807) is 11.9 Å². The maximum absolute atomic E-state index is 11.4. The molecule has 1 aliphatic heterocycles. The topological polar surface area (TPSA) is 29.5 Å². The minimum Gasteiger partial charge on any atom is -0.381 e. The van der Waals surface area contributed by atoms with Crippen LogP contribution in [0.25, 0.3) is 0 Å². The first-order valence-corrected chi connectivity index (χ1v) is 4.70. The van der Waals surface area contributed by atoms with E-state index in [0.29, 0.717) is 0 Å². The van der Waals surface area contributed by atoms with Gasteiger partial charge in [0.1, 0.15) is 0 Å². The van der Waals surface area contributed by atoms with Crippen molar-refractivity contribution < 1.29 is 9.53 Å². The van der Waals surface area contributed by atoms with Crippen molar-refractivity contribution in [1.82, 2.24) is 4.90 Å². The van der Waals surface area contributed by atoms with Crippen LogP contribution in [0, 0.1) is 0 Å². The highest BCUT2D eigenvalue weighted by Gasteiger charge is 2.22. The third-order valence-electron chi connectivity index (χ3n) is 2.29. The molecule has 0 aromatic carbocycles. The van der Waals surface area contributed by atoms with Gasteiger partial charge in [-0.3, -0.25) is 4.79 Å². The number of ether oxygens (including phenoxy) is 1. The van der Waals surface area contributed by atoms with Crippen LogP contribution < -0.4 is 0 Å². The Bertz CT molecular complexity index is 212. The van der Waals surface area contributed by atoms with Gasteiger partial charge in [0.15, 0.2) is 0 Å². The van der Waals surface area contributed by atoms with Crippen molar-refractivity contribution in [2.45, 2.75) is 18.9 Å². The third-order valence-corrected chi connectivity index (χ3v) is 2.45. The summed E-state index contributed by atoms with van der Waals surface area (Å²) in [5, 5.41) is 0.0778. The van der Waals surface area contributed by atoms with Gasteiger partial charge >= 0.3 is 0 Å². The van der Waals surface area contributed by atoms with Gasteiger partial charge in [0, 0.05) is 26.3 Å². The third kappa shape index (κ3) is 2.71. The fourth-order valence-corrected chi connectivity index (χ4v) is 1.56. The Labute approximate surface area is 83.3 Å². The standard InChI is InChI=1S/C9H14ClNO2/c1-7(10)9(12)11(2)8-3-5-13-6-4-8/h8H,1,3-6H2,2H3. The van der Waals surface area contributed by atoms with Crippen LogP contribution >= 0.6 is 11.6 Å². The molecule has 4 heteroatoms. The normalized spacial score (nSPS) is 18.3. The number of halogens is 1. The van der Waals surface area contributed by atoms with Crippen molar-refractivity contribution in [2.75, 3.05) is 20.3 Å². The largest absolute Gasteiger partial charge is 0.381 e. The van der Waals surface area contributed by atoms with Crippen molar-refractivity contribution in [3.8, 4) is 0 Å². The lowest BCUT2D eigenvalue weighted by Crippen LogP contribution is -2.40. The zero-order valence-electron chi connectivity index (χ0n) is 7.75. The molecule has 0 aromatic rings. The van der Waals surface area contributed by atoms with Crippen LogP contribution in [0.4, 0.5) is 0 Å². The molecule has 1 aliphatic rings. The molecule has 0 bridgehead atoms. The molecule has 0 atom stereocenters. The number of carbonyl (C=O) groups is 1. The minimum absolute atomic E-state index is 0.0778. The molecule has 0 aliphatic carbocycles. The highest BCUT2D eigenvalue weighted by atomic mass is 35.5. The maximum atomic E-state index is 11.4. The highest BCUT2D eigenvalue weighted by molar-refractivity contribution is 6.41. The van der Waals surface area contributed by atoms with Crippen LogP contribution in [0.15, 0.2) is 11.6 Å². The van der Waals surface area contributed by atoms with Gasteiger partial charge in [-0.15, -0.1) is 0 Å². The van der Waals surface area contributed by atoms with E-state index in [1.807, 2.05) is 0 Å². The van der Waals surface area contributed by atoms with Crippen molar-refractivity contribution in [2.24, 2.45) is 0 Å². The number of amides is 1. The first-order chi connectivity index (χ1) is 6.13. The van der Waals surface area contributed by atoms with Crippen LogP contribution in [0.2, 0.25) is 0 Å². The summed E-state index contributed by atoms with van der Waals surface area (Å²) in [6.07, 6.45) is 1.76. The van der Waals surface area contributed by atoms with Crippen LogP contribution in [0.3, 0.4) is 0 Å². The predicted molar refractivity (Wildman–Crippen MR) is 51.6 cm³/mol. The maximum Gasteiger partial charge on any atom is 0.264 e. The summed E-state index contributed by atoms with van der Waals surface area (Å²) >= 11 is 5.53. The molecule has 0 unspecified atom stereocenters. The Balaban J connectivity index is 2.49. The second-order valence-electron chi connectivity index (χ2n) is 3.16. The zero-order chi connectivity index (χ0) is 9.84. The fourth-order valence-electron chi connectivity index (χ4n) is 1.43. The number of carbonyl (C=O) groups excluding carboxylic acids is 1. The Kier molecular flexibility index (Phi) is 3.75. The Morgan fingerprint density at radius 1 is 1.54 bits per heavy atom. The van der Waals surface area contributed by atoms with Crippen molar-refractivity contribution >= 4 is 17.5 Å². The summed E-state index contributed by atoms with van der Waals surface area (Å²) in [6.45, 7) is 4.85. The first kappa shape index (κ1) is 10.5. The van der Waals surface area contributed by atoms with E-state index in [2.05, 4.69) is 6.58 Å². The van der Waals surface area contributed by atoms with E-state index in [1.165, 1.54) is 0 Å². The van der Waals surface area contributed by atoms with Crippen molar-refractivity contribution in [3.63, 3.8) is 0 Å². The van der Waals surface area contributed by atoms with E-state index in [-0.39, 0.29) is 17.0 Å². The van der Waals surface area contributed by atoms with Crippen molar-refractivity contribution in [1.29, 1.82) is 0 Å². The second-order valence-corrected chi connectivity index (χ2v) is 3.62. The van der Waals surface area contributed by atoms with Gasteiger partial charge in [0.05, 0.1) is 5.03 Å². The Morgan fingerprint density at radius 2 is 2.08 bits per heavy atom. The molecule has 13 heavy (non-hydrogen) atoms. The molecule has 1 rings (SSSR count). The molecule has 1 amide bonds. The van der Waals surface area contributed by atoms with Crippen LogP contribution in [0.5, 0.6) is 0 Å². The van der Waals surface area contributed by atoms with Gasteiger partial charge in [-0.1, -0.05) is 18.2 Å². The number of hydrogen-bond acceptors (Lipinski definition) is 2. The number of nitrogens with zero attached hydrogens (tertiary/aromatic N) is 1. The molecular formula is C9H14ClNO2. The Hall–Kier alpha value is -0.540. The summed E-state index contributed by atoms with van der Waals surface area (Å²) in [4.78, 5) is 13.0. The highest BCUT2D eigenvalue weighted by Crippen LogP contribution is 2.15. The molecular weight excluding hydrogens is 190 g/mol. The van der Waals surface area contributed by atoms with Gasteiger partial charge in [-0.05, 0) is 12.8 Å². The lowest BCUT2D eigenvalue weighted by Gasteiger charge is -2.30. The lowest BCUT2D eigenvalue weighted by atomic mass is 10.1. The Morgan fingerprint density at radius 3 is 2.54 bits per heavy atom. The number of likely N-dealkylation sites (N-methyl/N-ethyl adjacent to an activating group) is 1. The molecule has 1 heterocycles. The molecule has 0 N–H and O–H groups in total. The van der Waals surface area contributed by atoms with Gasteiger partial charge in [-0.25, -0.2) is 0 Å². The molecule has 0 aromatic heterocycles. The predicted octanol–water partition coefficient (Wildman–Crippen LogP) is 1.38. The molecule has 74 valence electrons. The molecule has 1 fully saturated rings. The van der Waals surface area contributed by atoms with Gasteiger partial charge < -0.3 is 9.64 Å². The van der Waals surface area contributed by atoms with Gasteiger partial charge in [0.2, 0.25) is 0 Å². The fraction of sp³-hybridized carbons (Fsp3) is 0.667. The van der Waals surface area contributed by atoms with Crippen molar-refractivity contribution in [3.05, 3.63) is 11.6 Å². The van der Waals surface area contributed by atoms with E-state index >= 15 is 0 Å². The second kappa shape index (κ2) is 4.63. The molecule has 0 saturated carbocycles. The summed E-state index contributed by atoms with van der Waals surface area (Å²) < 4.78 is 5.20. The molecule has 0 spiro atoms. The molecule has 1 saturated heterocycles. The summed E-state index contributed by atoms with van der Waals surface area (Å²) in [5.41, 5.74) is 0.